The van der Waals surface area contributed by atoms with Crippen LogP contribution in [0.4, 0.5) is 0 Å². The zero-order valence-corrected chi connectivity index (χ0v) is 12.8. The minimum atomic E-state index is -0.679. The standard InChI is InChI=1S/C18H23NO2/c1-12(2)18(20)9-5-10-19-11-8-14-13-6-3-4-7-15(13)21-16(14)17(18)19/h3-4,6-7,12,17,20H,5,8-11H2,1-2H3/t17?,18-/m0/s1. The van der Waals surface area contributed by atoms with Crippen molar-refractivity contribution in [2.75, 3.05) is 13.1 Å². The molecule has 1 fully saturated rings. The number of hydrogen-bond acceptors (Lipinski definition) is 3. The van der Waals surface area contributed by atoms with Crippen molar-refractivity contribution in [1.29, 1.82) is 0 Å². The molecule has 2 aromatic rings. The summed E-state index contributed by atoms with van der Waals surface area (Å²) in [6.07, 6.45) is 2.96. The number of piperidine rings is 1. The van der Waals surface area contributed by atoms with E-state index in [4.69, 9.17) is 4.42 Å². The number of para-hydroxylation sites is 1. The van der Waals surface area contributed by atoms with Crippen LogP contribution in [0, 0.1) is 5.92 Å². The lowest BCUT2D eigenvalue weighted by atomic mass is 9.73. The monoisotopic (exact) mass is 285 g/mol. The van der Waals surface area contributed by atoms with Gasteiger partial charge in [-0.2, -0.15) is 0 Å². The maximum absolute atomic E-state index is 11.3. The van der Waals surface area contributed by atoms with Gasteiger partial charge in [0.1, 0.15) is 11.3 Å². The summed E-state index contributed by atoms with van der Waals surface area (Å²) in [5.74, 6) is 1.24. The fourth-order valence-electron chi connectivity index (χ4n) is 4.24. The molecule has 1 aromatic carbocycles. The molecule has 112 valence electrons. The predicted molar refractivity (Wildman–Crippen MR) is 83.3 cm³/mol. The molecular formula is C18H23NO2. The molecule has 0 bridgehead atoms. The Kier molecular flexibility index (Phi) is 2.92. The van der Waals surface area contributed by atoms with Crippen LogP contribution in [-0.4, -0.2) is 28.7 Å². The summed E-state index contributed by atoms with van der Waals surface area (Å²) in [5.41, 5.74) is 1.59. The fraction of sp³-hybridized carbons (Fsp3) is 0.556. The summed E-state index contributed by atoms with van der Waals surface area (Å²) < 4.78 is 6.20. The molecule has 3 heterocycles. The minimum Gasteiger partial charge on any atom is -0.459 e. The second kappa shape index (κ2) is 4.59. The van der Waals surface area contributed by atoms with E-state index in [-0.39, 0.29) is 12.0 Å². The Morgan fingerprint density at radius 2 is 2.10 bits per heavy atom. The second-order valence-corrected chi connectivity index (χ2v) is 6.88. The highest BCUT2D eigenvalue weighted by molar-refractivity contribution is 5.82. The van der Waals surface area contributed by atoms with Gasteiger partial charge in [0, 0.05) is 17.5 Å². The van der Waals surface area contributed by atoms with Gasteiger partial charge >= 0.3 is 0 Å². The Morgan fingerprint density at radius 1 is 1.29 bits per heavy atom. The Hall–Kier alpha value is -1.32. The highest BCUT2D eigenvalue weighted by Gasteiger charge is 2.50. The van der Waals surface area contributed by atoms with E-state index in [9.17, 15) is 5.11 Å². The molecule has 2 atom stereocenters. The van der Waals surface area contributed by atoms with Gasteiger partial charge in [-0.05, 0) is 37.8 Å². The van der Waals surface area contributed by atoms with Crippen LogP contribution in [-0.2, 0) is 6.42 Å². The highest BCUT2D eigenvalue weighted by Crippen LogP contribution is 2.48. The number of furan rings is 1. The van der Waals surface area contributed by atoms with E-state index in [1.54, 1.807) is 0 Å². The summed E-state index contributed by atoms with van der Waals surface area (Å²) in [6.45, 7) is 6.34. The van der Waals surface area contributed by atoms with E-state index in [0.29, 0.717) is 0 Å². The first kappa shape index (κ1) is 13.4. The molecule has 0 spiro atoms. The normalized spacial score (nSPS) is 29.6. The lowest BCUT2D eigenvalue weighted by molar-refractivity contribution is -0.122. The summed E-state index contributed by atoms with van der Waals surface area (Å²) >= 11 is 0. The van der Waals surface area contributed by atoms with E-state index < -0.39 is 5.60 Å². The van der Waals surface area contributed by atoms with Crippen molar-refractivity contribution in [2.24, 2.45) is 5.92 Å². The molecule has 2 aliphatic rings. The topological polar surface area (TPSA) is 36.6 Å². The largest absolute Gasteiger partial charge is 0.459 e. The van der Waals surface area contributed by atoms with Gasteiger partial charge in [0.15, 0.2) is 0 Å². The molecule has 0 saturated carbocycles. The van der Waals surface area contributed by atoms with E-state index in [2.05, 4.69) is 30.9 Å². The zero-order valence-electron chi connectivity index (χ0n) is 12.8. The number of benzene rings is 1. The van der Waals surface area contributed by atoms with Gasteiger partial charge in [-0.1, -0.05) is 32.0 Å². The quantitative estimate of drug-likeness (QED) is 0.871. The van der Waals surface area contributed by atoms with Crippen molar-refractivity contribution in [3.05, 3.63) is 35.6 Å². The number of aliphatic hydroxyl groups is 1. The van der Waals surface area contributed by atoms with Crippen LogP contribution in [0.1, 0.15) is 44.1 Å². The highest BCUT2D eigenvalue weighted by atomic mass is 16.3. The second-order valence-electron chi connectivity index (χ2n) is 6.88. The molecule has 4 rings (SSSR count). The molecule has 1 aromatic heterocycles. The molecule has 3 nitrogen and oxygen atoms in total. The zero-order chi connectivity index (χ0) is 14.6. The third-order valence-corrected chi connectivity index (χ3v) is 5.49. The molecule has 0 amide bonds. The van der Waals surface area contributed by atoms with Crippen LogP contribution in [0.2, 0.25) is 0 Å². The number of nitrogens with zero attached hydrogens (tertiary/aromatic N) is 1. The van der Waals surface area contributed by atoms with Crippen LogP contribution in [0.15, 0.2) is 28.7 Å². The number of fused-ring (bicyclic) bond motifs is 5. The molecule has 21 heavy (non-hydrogen) atoms. The average Bonchev–Trinajstić information content (AvgIpc) is 2.85. The van der Waals surface area contributed by atoms with Crippen LogP contribution in [0.25, 0.3) is 11.0 Å². The van der Waals surface area contributed by atoms with Gasteiger partial charge in [-0.15, -0.1) is 0 Å². The first-order valence-corrected chi connectivity index (χ1v) is 8.08. The van der Waals surface area contributed by atoms with E-state index in [0.717, 1.165) is 43.7 Å². The minimum absolute atomic E-state index is 0.0161. The number of hydrogen-bond donors (Lipinski definition) is 1. The maximum Gasteiger partial charge on any atom is 0.134 e. The van der Waals surface area contributed by atoms with Gasteiger partial charge in [-0.25, -0.2) is 0 Å². The van der Waals surface area contributed by atoms with Crippen LogP contribution in [0.5, 0.6) is 0 Å². The molecule has 0 radical (unpaired) electrons. The SMILES string of the molecule is CC(C)[C@@]1(O)CCCN2CCc3c(oc4ccccc34)C21. The third kappa shape index (κ3) is 1.80. The lowest BCUT2D eigenvalue weighted by Gasteiger charge is -2.50. The summed E-state index contributed by atoms with van der Waals surface area (Å²) in [7, 11) is 0. The average molecular weight is 285 g/mol. The van der Waals surface area contributed by atoms with Crippen LogP contribution < -0.4 is 0 Å². The van der Waals surface area contributed by atoms with Gasteiger partial charge in [-0.3, -0.25) is 4.90 Å². The first-order chi connectivity index (χ1) is 10.1. The molecule has 1 saturated heterocycles. The molecule has 2 aliphatic heterocycles. The lowest BCUT2D eigenvalue weighted by Crippen LogP contribution is -2.55. The van der Waals surface area contributed by atoms with Crippen LogP contribution in [0.3, 0.4) is 0 Å². The predicted octanol–water partition coefficient (Wildman–Crippen LogP) is 3.51. The van der Waals surface area contributed by atoms with Gasteiger partial charge in [0.05, 0.1) is 11.6 Å². The maximum atomic E-state index is 11.3. The van der Waals surface area contributed by atoms with Crippen molar-refractivity contribution in [2.45, 2.75) is 44.8 Å². The van der Waals surface area contributed by atoms with Gasteiger partial charge in [0.2, 0.25) is 0 Å². The first-order valence-electron chi connectivity index (χ1n) is 8.08. The Morgan fingerprint density at radius 3 is 2.90 bits per heavy atom. The van der Waals surface area contributed by atoms with Crippen molar-refractivity contribution in [1.82, 2.24) is 4.90 Å². The number of rotatable bonds is 1. The van der Waals surface area contributed by atoms with Gasteiger partial charge < -0.3 is 9.52 Å². The molecule has 1 N–H and O–H groups in total. The smallest absolute Gasteiger partial charge is 0.134 e. The summed E-state index contributed by atoms with van der Waals surface area (Å²) in [5, 5.41) is 12.5. The van der Waals surface area contributed by atoms with Crippen molar-refractivity contribution < 1.29 is 9.52 Å². The van der Waals surface area contributed by atoms with E-state index in [1.165, 1.54) is 10.9 Å². The fourth-order valence-corrected chi connectivity index (χ4v) is 4.24. The van der Waals surface area contributed by atoms with Crippen LogP contribution >= 0.6 is 0 Å². The molecule has 0 aliphatic carbocycles. The third-order valence-electron chi connectivity index (χ3n) is 5.49. The van der Waals surface area contributed by atoms with Crippen molar-refractivity contribution in [3.63, 3.8) is 0 Å². The van der Waals surface area contributed by atoms with Gasteiger partial charge in [0.25, 0.3) is 0 Å². The Bertz CT molecular complexity index is 675. The summed E-state index contributed by atoms with van der Waals surface area (Å²) in [6, 6.07) is 8.28. The Balaban J connectivity index is 1.91. The molecule has 3 heteroatoms. The van der Waals surface area contributed by atoms with E-state index in [1.807, 2.05) is 12.1 Å². The summed E-state index contributed by atoms with van der Waals surface area (Å²) in [4.78, 5) is 2.42. The van der Waals surface area contributed by atoms with Crippen molar-refractivity contribution >= 4 is 11.0 Å². The Labute approximate surface area is 125 Å². The van der Waals surface area contributed by atoms with E-state index >= 15 is 0 Å². The molecular weight excluding hydrogens is 262 g/mol. The molecule has 1 unspecified atom stereocenters. The van der Waals surface area contributed by atoms with Crippen molar-refractivity contribution in [3.8, 4) is 0 Å².